The summed E-state index contributed by atoms with van der Waals surface area (Å²) >= 11 is 0. The second kappa shape index (κ2) is 5.88. The monoisotopic (exact) mass is 306 g/mol. The molecule has 0 spiro atoms. The standard InChI is InChI=1S/C18H14N2O3/c1-20-16-5-3-2-4-15(16)13(10-17(20)21)11-19-14-8-6-12(7-9-14)18(22)23/h2-11H,1H3,(H,22,23). The van der Waals surface area contributed by atoms with Crippen LogP contribution in [-0.4, -0.2) is 21.9 Å². The molecule has 0 bridgehead atoms. The van der Waals surface area contributed by atoms with Gasteiger partial charge in [0, 0.05) is 30.3 Å². The summed E-state index contributed by atoms with van der Waals surface area (Å²) in [6.45, 7) is 0. The number of nitrogens with zero attached hydrogens (tertiary/aromatic N) is 2. The minimum absolute atomic E-state index is 0.105. The molecule has 114 valence electrons. The van der Waals surface area contributed by atoms with Crippen LogP contribution in [0.1, 0.15) is 15.9 Å². The molecule has 0 radical (unpaired) electrons. The maximum Gasteiger partial charge on any atom is 0.335 e. The zero-order chi connectivity index (χ0) is 16.4. The summed E-state index contributed by atoms with van der Waals surface area (Å²) in [6, 6.07) is 15.4. The van der Waals surface area contributed by atoms with Crippen LogP contribution in [0.4, 0.5) is 5.69 Å². The molecule has 0 fully saturated rings. The fourth-order valence-electron chi connectivity index (χ4n) is 2.38. The van der Waals surface area contributed by atoms with Gasteiger partial charge in [0.1, 0.15) is 0 Å². The summed E-state index contributed by atoms with van der Waals surface area (Å²) in [7, 11) is 1.73. The second-order valence-corrected chi connectivity index (χ2v) is 5.12. The van der Waals surface area contributed by atoms with E-state index < -0.39 is 5.97 Å². The Morgan fingerprint density at radius 3 is 2.52 bits per heavy atom. The van der Waals surface area contributed by atoms with Crippen molar-refractivity contribution < 1.29 is 9.90 Å². The van der Waals surface area contributed by atoms with Crippen LogP contribution in [-0.2, 0) is 7.05 Å². The van der Waals surface area contributed by atoms with Gasteiger partial charge in [0.25, 0.3) is 5.56 Å². The molecule has 5 heteroatoms. The van der Waals surface area contributed by atoms with E-state index in [1.807, 2.05) is 24.3 Å². The molecule has 3 rings (SSSR count). The van der Waals surface area contributed by atoms with Crippen molar-refractivity contribution in [3.05, 3.63) is 76.1 Å². The smallest absolute Gasteiger partial charge is 0.335 e. The van der Waals surface area contributed by atoms with Crippen molar-refractivity contribution in [3.8, 4) is 0 Å². The van der Waals surface area contributed by atoms with Crippen molar-refractivity contribution in [3.63, 3.8) is 0 Å². The number of pyridine rings is 1. The van der Waals surface area contributed by atoms with E-state index >= 15 is 0 Å². The fourth-order valence-corrected chi connectivity index (χ4v) is 2.38. The summed E-state index contributed by atoms with van der Waals surface area (Å²) < 4.78 is 1.59. The van der Waals surface area contributed by atoms with Crippen LogP contribution >= 0.6 is 0 Å². The third-order valence-electron chi connectivity index (χ3n) is 3.65. The first-order valence-corrected chi connectivity index (χ1v) is 7.02. The number of hydrogen-bond donors (Lipinski definition) is 1. The molecule has 23 heavy (non-hydrogen) atoms. The third kappa shape index (κ3) is 2.89. The molecule has 3 aromatic rings. The Morgan fingerprint density at radius 2 is 1.83 bits per heavy atom. The highest BCUT2D eigenvalue weighted by molar-refractivity contribution is 5.99. The number of hydrogen-bond acceptors (Lipinski definition) is 3. The Bertz CT molecular complexity index is 970. The zero-order valence-corrected chi connectivity index (χ0v) is 12.4. The summed E-state index contributed by atoms with van der Waals surface area (Å²) in [5.41, 5.74) is 2.29. The summed E-state index contributed by atoms with van der Waals surface area (Å²) in [6.07, 6.45) is 1.62. The van der Waals surface area contributed by atoms with Gasteiger partial charge < -0.3 is 9.67 Å². The topological polar surface area (TPSA) is 71.7 Å². The summed E-state index contributed by atoms with van der Waals surface area (Å²) in [4.78, 5) is 27.2. The van der Waals surface area contributed by atoms with E-state index in [4.69, 9.17) is 5.11 Å². The van der Waals surface area contributed by atoms with Crippen molar-refractivity contribution in [2.24, 2.45) is 12.0 Å². The molecule has 0 unspecified atom stereocenters. The summed E-state index contributed by atoms with van der Waals surface area (Å²) in [5, 5.41) is 9.81. The lowest BCUT2D eigenvalue weighted by atomic mass is 10.1. The highest BCUT2D eigenvalue weighted by Gasteiger charge is 2.04. The molecule has 1 heterocycles. The predicted molar refractivity (Wildman–Crippen MR) is 89.8 cm³/mol. The Hall–Kier alpha value is -3.21. The number of benzene rings is 2. The van der Waals surface area contributed by atoms with Crippen LogP contribution < -0.4 is 5.56 Å². The number of para-hydroxylation sites is 1. The number of aryl methyl sites for hydroxylation is 1. The lowest BCUT2D eigenvalue weighted by molar-refractivity contribution is 0.0697. The molecule has 0 atom stereocenters. The molecule has 5 nitrogen and oxygen atoms in total. The number of carboxylic acids is 1. The molecule has 1 N–H and O–H groups in total. The molecule has 0 saturated carbocycles. The Kier molecular flexibility index (Phi) is 3.76. The van der Waals surface area contributed by atoms with Crippen LogP contribution in [0.25, 0.3) is 10.9 Å². The number of aromatic carboxylic acids is 1. The molecule has 2 aromatic carbocycles. The van der Waals surface area contributed by atoms with Gasteiger partial charge in [-0.2, -0.15) is 0 Å². The highest BCUT2D eigenvalue weighted by atomic mass is 16.4. The van der Waals surface area contributed by atoms with Gasteiger partial charge in [-0.3, -0.25) is 9.79 Å². The summed E-state index contributed by atoms with van der Waals surface area (Å²) in [5.74, 6) is -0.974. The van der Waals surface area contributed by atoms with Crippen LogP contribution in [0.5, 0.6) is 0 Å². The minimum atomic E-state index is -0.974. The molecule has 0 aliphatic rings. The number of carboxylic acid groups (broad SMARTS) is 1. The number of aromatic nitrogens is 1. The van der Waals surface area contributed by atoms with E-state index in [1.54, 1.807) is 30.0 Å². The average molecular weight is 306 g/mol. The van der Waals surface area contributed by atoms with Crippen molar-refractivity contribution in [1.29, 1.82) is 0 Å². The van der Waals surface area contributed by atoms with Crippen LogP contribution in [0.2, 0.25) is 0 Å². The van der Waals surface area contributed by atoms with Gasteiger partial charge in [-0.05, 0) is 30.3 Å². The maximum atomic E-state index is 12.0. The van der Waals surface area contributed by atoms with Gasteiger partial charge >= 0.3 is 5.97 Å². The Morgan fingerprint density at radius 1 is 1.13 bits per heavy atom. The van der Waals surface area contributed by atoms with E-state index in [-0.39, 0.29) is 11.1 Å². The maximum absolute atomic E-state index is 12.0. The molecule has 0 amide bonds. The van der Waals surface area contributed by atoms with Crippen molar-refractivity contribution in [2.45, 2.75) is 0 Å². The molecular weight excluding hydrogens is 292 g/mol. The van der Waals surface area contributed by atoms with E-state index in [1.165, 1.54) is 18.2 Å². The third-order valence-corrected chi connectivity index (χ3v) is 3.65. The molecular formula is C18H14N2O3. The van der Waals surface area contributed by atoms with E-state index in [9.17, 15) is 9.59 Å². The fraction of sp³-hybridized carbons (Fsp3) is 0.0556. The van der Waals surface area contributed by atoms with Crippen molar-refractivity contribution >= 4 is 28.8 Å². The van der Waals surface area contributed by atoms with Gasteiger partial charge in [0.05, 0.1) is 16.8 Å². The second-order valence-electron chi connectivity index (χ2n) is 5.12. The van der Waals surface area contributed by atoms with Gasteiger partial charge in [-0.15, -0.1) is 0 Å². The highest BCUT2D eigenvalue weighted by Crippen LogP contribution is 2.17. The lowest BCUT2D eigenvalue weighted by Gasteiger charge is -2.06. The van der Waals surface area contributed by atoms with Gasteiger partial charge in [0.2, 0.25) is 0 Å². The quantitative estimate of drug-likeness (QED) is 0.756. The number of carbonyl (C=O) groups is 1. The van der Waals surface area contributed by atoms with E-state index in [0.29, 0.717) is 5.69 Å². The zero-order valence-electron chi connectivity index (χ0n) is 12.4. The van der Waals surface area contributed by atoms with Gasteiger partial charge in [-0.25, -0.2) is 4.79 Å². The molecule has 1 aromatic heterocycles. The number of rotatable bonds is 3. The van der Waals surface area contributed by atoms with Crippen LogP contribution in [0.15, 0.2) is 64.4 Å². The predicted octanol–water partition coefficient (Wildman–Crippen LogP) is 2.99. The largest absolute Gasteiger partial charge is 0.478 e. The number of fused-ring (bicyclic) bond motifs is 1. The van der Waals surface area contributed by atoms with Gasteiger partial charge in [0.15, 0.2) is 0 Å². The first kappa shape index (κ1) is 14.7. The van der Waals surface area contributed by atoms with Crippen LogP contribution in [0, 0.1) is 0 Å². The Balaban J connectivity index is 2.03. The molecule has 0 aliphatic heterocycles. The minimum Gasteiger partial charge on any atom is -0.478 e. The number of aliphatic imine (C=N–C) groups is 1. The average Bonchev–Trinajstić information content (AvgIpc) is 2.57. The first-order valence-electron chi connectivity index (χ1n) is 7.02. The Labute approximate surface area is 132 Å². The van der Waals surface area contributed by atoms with Gasteiger partial charge in [-0.1, -0.05) is 18.2 Å². The SMILES string of the molecule is Cn1c(=O)cc(C=Nc2ccc(C(=O)O)cc2)c2ccccc21. The molecule has 0 saturated heterocycles. The van der Waals surface area contributed by atoms with Crippen molar-refractivity contribution in [1.82, 2.24) is 4.57 Å². The van der Waals surface area contributed by atoms with Crippen molar-refractivity contribution in [2.75, 3.05) is 0 Å². The normalized spacial score (nSPS) is 11.2. The van der Waals surface area contributed by atoms with E-state index in [2.05, 4.69) is 4.99 Å². The van der Waals surface area contributed by atoms with Crippen LogP contribution in [0.3, 0.4) is 0 Å². The lowest BCUT2D eigenvalue weighted by Crippen LogP contribution is -2.17. The van der Waals surface area contributed by atoms with E-state index in [0.717, 1.165) is 16.5 Å². The molecule has 0 aliphatic carbocycles. The first-order chi connectivity index (χ1) is 11.1.